The topological polar surface area (TPSA) is 42.4 Å². The fraction of sp³-hybridized carbons (Fsp3) is 0.615. The van der Waals surface area contributed by atoms with Crippen LogP contribution in [0.15, 0.2) is 16.9 Å². The number of halogens is 3. The molecule has 0 bridgehead atoms. The van der Waals surface area contributed by atoms with Gasteiger partial charge in [0.05, 0.1) is 24.0 Å². The van der Waals surface area contributed by atoms with E-state index in [4.69, 9.17) is 4.74 Å². The molecule has 3 nitrogen and oxygen atoms in total. The first-order chi connectivity index (χ1) is 8.69. The third-order valence-corrected chi connectivity index (χ3v) is 2.90. The Morgan fingerprint density at radius 1 is 1.47 bits per heavy atom. The lowest BCUT2D eigenvalue weighted by Gasteiger charge is -2.22. The van der Waals surface area contributed by atoms with Gasteiger partial charge in [0.2, 0.25) is 0 Å². The Morgan fingerprint density at radius 3 is 2.63 bits per heavy atom. The van der Waals surface area contributed by atoms with Crippen LogP contribution in [-0.4, -0.2) is 22.3 Å². The maximum atomic E-state index is 12.8. The third-order valence-electron chi connectivity index (χ3n) is 2.47. The zero-order chi connectivity index (χ0) is 14.6. The minimum absolute atomic E-state index is 0.0502. The summed E-state index contributed by atoms with van der Waals surface area (Å²) >= 11 is 3.05. The molecule has 1 aromatic rings. The molecule has 6 heteroatoms. The molecule has 1 N–H and O–H groups in total. The van der Waals surface area contributed by atoms with Crippen LogP contribution < -0.4 is 4.74 Å². The van der Waals surface area contributed by atoms with Gasteiger partial charge in [-0.3, -0.25) is 0 Å². The highest BCUT2D eigenvalue weighted by Gasteiger charge is 2.20. The molecule has 0 spiro atoms. The molecule has 1 atom stereocenters. The van der Waals surface area contributed by atoms with E-state index in [9.17, 15) is 13.9 Å². The van der Waals surface area contributed by atoms with Crippen molar-refractivity contribution in [3.63, 3.8) is 0 Å². The van der Waals surface area contributed by atoms with Gasteiger partial charge in [-0.05, 0) is 48.2 Å². The van der Waals surface area contributed by atoms with Crippen molar-refractivity contribution in [1.29, 1.82) is 0 Å². The number of ether oxygens (including phenoxy) is 1. The number of hydrogen-bond acceptors (Lipinski definition) is 3. The zero-order valence-electron chi connectivity index (χ0n) is 11.2. The van der Waals surface area contributed by atoms with Gasteiger partial charge in [-0.1, -0.05) is 6.92 Å². The Balaban J connectivity index is 2.67. The number of alkyl halides is 2. The van der Waals surface area contributed by atoms with Crippen LogP contribution in [0.4, 0.5) is 8.78 Å². The standard InChI is InChI=1S/C13H18BrF2NO2/c1-8(5-13(2,3)18)7-19-10-6-17-11(14)4-9(10)12(15)16/h4,6,8,12,18H,5,7H2,1-3H3. The number of aromatic nitrogens is 1. The van der Waals surface area contributed by atoms with Crippen LogP contribution in [0.1, 0.15) is 39.2 Å². The Morgan fingerprint density at radius 2 is 2.11 bits per heavy atom. The molecule has 0 saturated carbocycles. The van der Waals surface area contributed by atoms with E-state index >= 15 is 0 Å². The molecule has 0 aliphatic heterocycles. The lowest BCUT2D eigenvalue weighted by molar-refractivity contribution is 0.0458. The van der Waals surface area contributed by atoms with Crippen molar-refractivity contribution in [2.45, 2.75) is 39.2 Å². The number of aliphatic hydroxyl groups is 1. The van der Waals surface area contributed by atoms with Gasteiger partial charge >= 0.3 is 0 Å². The predicted octanol–water partition coefficient (Wildman–Crippen LogP) is 3.96. The molecule has 19 heavy (non-hydrogen) atoms. The molecular formula is C13H18BrF2NO2. The summed E-state index contributed by atoms with van der Waals surface area (Å²) in [5, 5.41) is 9.67. The summed E-state index contributed by atoms with van der Waals surface area (Å²) in [4.78, 5) is 3.88. The molecular weight excluding hydrogens is 320 g/mol. The van der Waals surface area contributed by atoms with Gasteiger partial charge in [-0.2, -0.15) is 0 Å². The van der Waals surface area contributed by atoms with E-state index in [0.29, 0.717) is 11.0 Å². The van der Waals surface area contributed by atoms with Gasteiger partial charge in [0, 0.05) is 0 Å². The summed E-state index contributed by atoms with van der Waals surface area (Å²) in [6, 6.07) is 1.25. The molecule has 1 heterocycles. The Hall–Kier alpha value is -0.750. The van der Waals surface area contributed by atoms with E-state index < -0.39 is 12.0 Å². The predicted molar refractivity (Wildman–Crippen MR) is 72.5 cm³/mol. The first-order valence-electron chi connectivity index (χ1n) is 5.98. The van der Waals surface area contributed by atoms with Crippen LogP contribution in [0.3, 0.4) is 0 Å². The van der Waals surface area contributed by atoms with Crippen LogP contribution in [-0.2, 0) is 0 Å². The van der Waals surface area contributed by atoms with Crippen molar-refractivity contribution in [1.82, 2.24) is 4.98 Å². The lowest BCUT2D eigenvalue weighted by atomic mass is 9.96. The maximum Gasteiger partial charge on any atom is 0.267 e. The highest BCUT2D eigenvalue weighted by molar-refractivity contribution is 9.10. The van der Waals surface area contributed by atoms with Crippen LogP contribution in [0.2, 0.25) is 0 Å². The molecule has 0 aliphatic carbocycles. The van der Waals surface area contributed by atoms with E-state index in [2.05, 4.69) is 20.9 Å². The Labute approximate surface area is 120 Å². The Bertz CT molecular complexity index is 422. The normalized spacial score (nSPS) is 13.7. The van der Waals surface area contributed by atoms with E-state index in [-0.39, 0.29) is 23.8 Å². The molecule has 108 valence electrons. The van der Waals surface area contributed by atoms with Crippen LogP contribution in [0.5, 0.6) is 5.75 Å². The summed E-state index contributed by atoms with van der Waals surface area (Å²) < 4.78 is 31.4. The highest BCUT2D eigenvalue weighted by Crippen LogP contribution is 2.30. The van der Waals surface area contributed by atoms with Crippen molar-refractivity contribution in [2.75, 3.05) is 6.61 Å². The molecule has 1 aromatic heterocycles. The van der Waals surface area contributed by atoms with Crippen LogP contribution >= 0.6 is 15.9 Å². The van der Waals surface area contributed by atoms with Gasteiger partial charge in [-0.15, -0.1) is 0 Å². The monoisotopic (exact) mass is 337 g/mol. The molecule has 0 radical (unpaired) electrons. The van der Waals surface area contributed by atoms with Gasteiger partial charge in [-0.25, -0.2) is 13.8 Å². The molecule has 0 aromatic carbocycles. The van der Waals surface area contributed by atoms with Gasteiger partial charge in [0.25, 0.3) is 6.43 Å². The lowest BCUT2D eigenvalue weighted by Crippen LogP contribution is -2.25. The van der Waals surface area contributed by atoms with E-state index in [1.54, 1.807) is 13.8 Å². The fourth-order valence-corrected chi connectivity index (χ4v) is 2.22. The van der Waals surface area contributed by atoms with E-state index in [1.165, 1.54) is 12.3 Å². The Kier molecular flexibility index (Phi) is 5.67. The van der Waals surface area contributed by atoms with Crippen LogP contribution in [0, 0.1) is 5.92 Å². The van der Waals surface area contributed by atoms with E-state index in [1.807, 2.05) is 6.92 Å². The van der Waals surface area contributed by atoms with Gasteiger partial charge < -0.3 is 9.84 Å². The molecule has 1 unspecified atom stereocenters. The summed E-state index contributed by atoms with van der Waals surface area (Å²) in [5.74, 6) is 0.134. The minimum Gasteiger partial charge on any atom is -0.491 e. The largest absolute Gasteiger partial charge is 0.491 e. The van der Waals surface area contributed by atoms with E-state index in [0.717, 1.165) is 0 Å². The second kappa shape index (κ2) is 6.61. The number of hydrogen-bond donors (Lipinski definition) is 1. The van der Waals surface area contributed by atoms with Crippen molar-refractivity contribution in [3.05, 3.63) is 22.4 Å². The van der Waals surface area contributed by atoms with Crippen molar-refractivity contribution in [2.24, 2.45) is 5.92 Å². The third kappa shape index (κ3) is 5.82. The number of nitrogens with zero attached hydrogens (tertiary/aromatic N) is 1. The first-order valence-corrected chi connectivity index (χ1v) is 6.77. The maximum absolute atomic E-state index is 12.8. The van der Waals surface area contributed by atoms with Crippen LogP contribution in [0.25, 0.3) is 0 Å². The minimum atomic E-state index is -2.61. The van der Waals surface area contributed by atoms with Crippen molar-refractivity contribution >= 4 is 15.9 Å². The van der Waals surface area contributed by atoms with Gasteiger partial charge in [0.15, 0.2) is 0 Å². The smallest absolute Gasteiger partial charge is 0.267 e. The van der Waals surface area contributed by atoms with Gasteiger partial charge in [0.1, 0.15) is 10.4 Å². The zero-order valence-corrected chi connectivity index (χ0v) is 12.7. The molecule has 0 aliphatic rings. The summed E-state index contributed by atoms with van der Waals surface area (Å²) in [6.07, 6.45) is -0.803. The van der Waals surface area contributed by atoms with Crippen molar-refractivity contribution in [3.8, 4) is 5.75 Å². The molecule has 0 amide bonds. The second-order valence-corrected chi connectivity index (χ2v) is 6.09. The first kappa shape index (κ1) is 16.3. The highest BCUT2D eigenvalue weighted by atomic mass is 79.9. The fourth-order valence-electron chi connectivity index (χ4n) is 1.87. The summed E-state index contributed by atoms with van der Waals surface area (Å²) in [7, 11) is 0. The molecule has 0 fully saturated rings. The number of pyridine rings is 1. The number of rotatable bonds is 6. The average Bonchev–Trinajstić information content (AvgIpc) is 2.24. The summed E-state index contributed by atoms with van der Waals surface area (Å²) in [5.41, 5.74) is -0.982. The molecule has 0 saturated heterocycles. The van der Waals surface area contributed by atoms with Crippen molar-refractivity contribution < 1.29 is 18.6 Å². The summed E-state index contributed by atoms with van der Waals surface area (Å²) in [6.45, 7) is 5.56. The SMILES string of the molecule is CC(COc1cnc(Br)cc1C(F)F)CC(C)(C)O. The average molecular weight is 338 g/mol. The molecule has 1 rings (SSSR count). The second-order valence-electron chi connectivity index (χ2n) is 5.28. The quantitative estimate of drug-likeness (QED) is 0.799.